The molecule has 0 saturated carbocycles. The normalized spacial score (nSPS) is 11.3. The van der Waals surface area contributed by atoms with Gasteiger partial charge in [-0.2, -0.15) is 0 Å². The highest BCUT2D eigenvalue weighted by Gasteiger charge is 2.16. The maximum absolute atomic E-state index is 12.4. The van der Waals surface area contributed by atoms with Gasteiger partial charge in [0.25, 0.3) is 10.0 Å². The smallest absolute Gasteiger partial charge is 0.263 e. The second-order valence-corrected chi connectivity index (χ2v) is 8.59. The van der Waals surface area contributed by atoms with Crippen LogP contribution in [0, 0.1) is 0 Å². The van der Waals surface area contributed by atoms with Crippen molar-refractivity contribution in [2.75, 3.05) is 10.0 Å². The molecule has 0 fully saturated rings. The van der Waals surface area contributed by atoms with Crippen LogP contribution >= 0.6 is 11.3 Å². The van der Waals surface area contributed by atoms with Crippen molar-refractivity contribution >= 4 is 38.1 Å². The lowest BCUT2D eigenvalue weighted by Gasteiger charge is -2.08. The molecular weight excluding hydrogens is 372 g/mol. The van der Waals surface area contributed by atoms with Gasteiger partial charge in [0, 0.05) is 12.1 Å². The molecule has 2 aromatic rings. The van der Waals surface area contributed by atoms with Gasteiger partial charge < -0.3 is 5.32 Å². The number of unbranched alkanes of at least 4 members (excludes halogenated alkanes) is 3. The van der Waals surface area contributed by atoms with Crippen LogP contribution in [0.2, 0.25) is 0 Å². The Morgan fingerprint density at radius 1 is 1.08 bits per heavy atom. The number of carbonyl (C=O) groups is 1. The number of hydrogen-bond donors (Lipinski definition) is 2. The maximum atomic E-state index is 12.4. The Kier molecular flexibility index (Phi) is 7.52. The molecule has 7 nitrogen and oxygen atoms in total. The van der Waals surface area contributed by atoms with E-state index in [1.165, 1.54) is 23.5 Å². The third-order valence-electron chi connectivity index (χ3n) is 3.70. The first-order valence-electron chi connectivity index (χ1n) is 8.69. The standard InChI is InChI=1S/C17H24N4O3S2/c1-3-5-6-7-8-15(22)18-13-9-11-14(12-10-13)26(23,24)21-17-20-19-16(4-2)25-17/h9-12H,3-8H2,1-2H3,(H,18,22)(H,20,21). The zero-order valence-corrected chi connectivity index (χ0v) is 16.6. The summed E-state index contributed by atoms with van der Waals surface area (Å²) in [5.41, 5.74) is 0.577. The second kappa shape index (κ2) is 9.63. The summed E-state index contributed by atoms with van der Waals surface area (Å²) in [6.07, 6.45) is 5.32. The molecule has 1 amide bonds. The molecule has 1 aromatic heterocycles. The summed E-state index contributed by atoms with van der Waals surface area (Å²) in [7, 11) is -3.73. The molecule has 0 bridgehead atoms. The topological polar surface area (TPSA) is 101 Å². The molecule has 0 aliphatic carbocycles. The molecule has 1 heterocycles. The zero-order chi connectivity index (χ0) is 19.0. The van der Waals surface area contributed by atoms with Gasteiger partial charge in [-0.25, -0.2) is 8.42 Å². The van der Waals surface area contributed by atoms with E-state index in [1.807, 2.05) is 6.92 Å². The number of carbonyl (C=O) groups excluding carboxylic acids is 1. The first-order chi connectivity index (χ1) is 12.4. The van der Waals surface area contributed by atoms with Gasteiger partial charge in [0.05, 0.1) is 4.90 Å². The zero-order valence-electron chi connectivity index (χ0n) is 15.0. The molecule has 0 aliphatic rings. The number of aromatic nitrogens is 2. The van der Waals surface area contributed by atoms with Gasteiger partial charge in [0.1, 0.15) is 5.01 Å². The highest BCUT2D eigenvalue weighted by atomic mass is 32.2. The van der Waals surface area contributed by atoms with Crippen LogP contribution in [0.3, 0.4) is 0 Å². The van der Waals surface area contributed by atoms with Crippen molar-refractivity contribution in [1.29, 1.82) is 0 Å². The predicted octanol–water partition coefficient (Wildman–Crippen LogP) is 3.81. The van der Waals surface area contributed by atoms with Gasteiger partial charge >= 0.3 is 0 Å². The number of rotatable bonds is 10. The van der Waals surface area contributed by atoms with Gasteiger partial charge in [0.2, 0.25) is 11.0 Å². The summed E-state index contributed by atoms with van der Waals surface area (Å²) in [5.74, 6) is -0.0595. The number of amides is 1. The quantitative estimate of drug-likeness (QED) is 0.595. The Morgan fingerprint density at radius 3 is 2.42 bits per heavy atom. The lowest BCUT2D eigenvalue weighted by Crippen LogP contribution is -2.14. The lowest BCUT2D eigenvalue weighted by atomic mass is 10.1. The number of benzene rings is 1. The molecule has 2 rings (SSSR count). The lowest BCUT2D eigenvalue weighted by molar-refractivity contribution is -0.116. The predicted molar refractivity (Wildman–Crippen MR) is 104 cm³/mol. The van der Waals surface area contributed by atoms with Crippen molar-refractivity contribution in [3.8, 4) is 0 Å². The van der Waals surface area contributed by atoms with E-state index in [2.05, 4.69) is 27.2 Å². The summed E-state index contributed by atoms with van der Waals surface area (Å²) in [6, 6.07) is 6.07. The van der Waals surface area contributed by atoms with Crippen LogP contribution < -0.4 is 10.0 Å². The summed E-state index contributed by atoms with van der Waals surface area (Å²) in [4.78, 5) is 12.0. The molecule has 142 valence electrons. The monoisotopic (exact) mass is 396 g/mol. The average Bonchev–Trinajstić information content (AvgIpc) is 3.06. The van der Waals surface area contributed by atoms with E-state index in [0.717, 1.165) is 30.7 Å². The summed E-state index contributed by atoms with van der Waals surface area (Å²) < 4.78 is 27.2. The van der Waals surface area contributed by atoms with E-state index in [4.69, 9.17) is 0 Å². The highest BCUT2D eigenvalue weighted by molar-refractivity contribution is 7.93. The van der Waals surface area contributed by atoms with E-state index in [9.17, 15) is 13.2 Å². The number of sulfonamides is 1. The third-order valence-corrected chi connectivity index (χ3v) is 6.16. The van der Waals surface area contributed by atoms with Gasteiger partial charge in [-0.1, -0.05) is 44.4 Å². The summed E-state index contributed by atoms with van der Waals surface area (Å²) in [5, 5.41) is 11.5. The summed E-state index contributed by atoms with van der Waals surface area (Å²) in [6.45, 7) is 4.05. The Morgan fingerprint density at radius 2 is 1.81 bits per heavy atom. The maximum Gasteiger partial charge on any atom is 0.263 e. The van der Waals surface area contributed by atoms with Gasteiger partial charge in [-0.05, 0) is 37.1 Å². The minimum atomic E-state index is -3.73. The molecular formula is C17H24N4O3S2. The molecule has 0 atom stereocenters. The van der Waals surface area contributed by atoms with E-state index in [0.29, 0.717) is 18.5 Å². The van der Waals surface area contributed by atoms with Crippen molar-refractivity contribution in [3.05, 3.63) is 29.3 Å². The molecule has 0 aliphatic heterocycles. The fourth-order valence-corrected chi connectivity index (χ4v) is 4.17. The molecule has 2 N–H and O–H groups in total. The number of anilines is 2. The van der Waals surface area contributed by atoms with E-state index < -0.39 is 10.0 Å². The Bertz CT molecular complexity index is 817. The number of nitrogens with one attached hydrogen (secondary N) is 2. The molecule has 0 unspecified atom stereocenters. The van der Waals surface area contributed by atoms with Crippen molar-refractivity contribution in [2.45, 2.75) is 57.3 Å². The van der Waals surface area contributed by atoms with Crippen LogP contribution in [0.25, 0.3) is 0 Å². The molecule has 0 radical (unpaired) electrons. The van der Waals surface area contributed by atoms with Crippen LogP contribution in [-0.4, -0.2) is 24.5 Å². The Labute approximate surface area is 158 Å². The molecule has 1 aromatic carbocycles. The Balaban J connectivity index is 1.94. The van der Waals surface area contributed by atoms with Crippen molar-refractivity contribution in [3.63, 3.8) is 0 Å². The fourth-order valence-electron chi connectivity index (χ4n) is 2.26. The highest BCUT2D eigenvalue weighted by Crippen LogP contribution is 2.21. The van der Waals surface area contributed by atoms with Crippen LogP contribution in [-0.2, 0) is 21.2 Å². The minimum Gasteiger partial charge on any atom is -0.326 e. The van der Waals surface area contributed by atoms with Crippen LogP contribution in [0.1, 0.15) is 51.0 Å². The van der Waals surface area contributed by atoms with E-state index >= 15 is 0 Å². The van der Waals surface area contributed by atoms with Gasteiger partial charge in [-0.3, -0.25) is 9.52 Å². The first kappa shape index (κ1) is 20.3. The van der Waals surface area contributed by atoms with Crippen LogP contribution in [0.4, 0.5) is 10.8 Å². The Hall–Kier alpha value is -2.00. The van der Waals surface area contributed by atoms with E-state index in [1.54, 1.807) is 12.1 Å². The van der Waals surface area contributed by atoms with Crippen molar-refractivity contribution < 1.29 is 13.2 Å². The van der Waals surface area contributed by atoms with Crippen molar-refractivity contribution in [1.82, 2.24) is 10.2 Å². The molecule has 0 spiro atoms. The molecule has 9 heteroatoms. The minimum absolute atomic E-state index is 0.0595. The number of nitrogens with zero attached hydrogens (tertiary/aromatic N) is 2. The van der Waals surface area contributed by atoms with Crippen LogP contribution in [0.5, 0.6) is 0 Å². The second-order valence-electron chi connectivity index (χ2n) is 5.84. The largest absolute Gasteiger partial charge is 0.326 e. The fraction of sp³-hybridized carbons (Fsp3) is 0.471. The summed E-state index contributed by atoms with van der Waals surface area (Å²) >= 11 is 1.21. The number of aryl methyl sites for hydroxylation is 1. The molecule has 0 saturated heterocycles. The first-order valence-corrected chi connectivity index (χ1v) is 11.0. The third kappa shape index (κ3) is 6.06. The van der Waals surface area contributed by atoms with Gasteiger partial charge in [0.15, 0.2) is 0 Å². The van der Waals surface area contributed by atoms with Gasteiger partial charge in [-0.15, -0.1) is 10.2 Å². The van der Waals surface area contributed by atoms with Crippen molar-refractivity contribution in [2.24, 2.45) is 0 Å². The average molecular weight is 397 g/mol. The van der Waals surface area contributed by atoms with E-state index in [-0.39, 0.29) is 15.9 Å². The number of hydrogen-bond acceptors (Lipinski definition) is 6. The van der Waals surface area contributed by atoms with Crippen LogP contribution in [0.15, 0.2) is 29.2 Å². The SMILES string of the molecule is CCCCCCC(=O)Nc1ccc(S(=O)(=O)Nc2nnc(CC)s2)cc1. The molecule has 26 heavy (non-hydrogen) atoms.